The molecule has 0 amide bonds. The van der Waals surface area contributed by atoms with Gasteiger partial charge in [0.2, 0.25) is 5.95 Å². The second-order valence-electron chi connectivity index (χ2n) is 14.4. The molecule has 0 aliphatic rings. The summed E-state index contributed by atoms with van der Waals surface area (Å²) in [6.07, 6.45) is 0. The second kappa shape index (κ2) is 10.6. The third kappa shape index (κ3) is 3.76. The summed E-state index contributed by atoms with van der Waals surface area (Å²) < 4.78 is 15.6. The quantitative estimate of drug-likeness (QED) is 0.168. The first-order valence-corrected chi connectivity index (χ1v) is 18.6. The maximum Gasteiger partial charge on any atom is 0.235 e. The van der Waals surface area contributed by atoms with Crippen molar-refractivity contribution in [3.8, 4) is 17.2 Å². The monoisotopic (exact) mass is 701 g/mol. The van der Waals surface area contributed by atoms with E-state index in [0.29, 0.717) is 5.95 Å². The van der Waals surface area contributed by atoms with Crippen molar-refractivity contribution in [1.82, 2.24) is 14.5 Å². The van der Waals surface area contributed by atoms with E-state index in [1.807, 2.05) is 30.3 Å². The molecule has 13 aromatic rings. The highest BCUT2D eigenvalue weighted by atomic mass is 16.3. The first kappa shape index (κ1) is 29.0. The van der Waals surface area contributed by atoms with Crippen LogP contribution in [-0.4, -0.2) is 14.5 Å². The Kier molecular flexibility index (Phi) is 5.57. The number of hydrogen-bond donors (Lipinski definition) is 0. The Labute approximate surface area is 312 Å². The molecule has 5 heteroatoms. The lowest BCUT2D eigenvalue weighted by Crippen LogP contribution is -2.04. The van der Waals surface area contributed by atoms with Gasteiger partial charge < -0.3 is 8.83 Å². The van der Waals surface area contributed by atoms with E-state index >= 15 is 0 Å². The summed E-state index contributed by atoms with van der Waals surface area (Å²) >= 11 is 0. The second-order valence-corrected chi connectivity index (χ2v) is 14.4. The molecule has 4 aromatic heterocycles. The fraction of sp³-hybridized carbons (Fsp3) is 0. The number of fused-ring (bicyclic) bond motifs is 19. The molecule has 0 fully saturated rings. The molecule has 13 rings (SSSR count). The van der Waals surface area contributed by atoms with Crippen LogP contribution in [0, 0.1) is 0 Å². The molecule has 4 heterocycles. The minimum atomic E-state index is 0.580. The number of aromatic nitrogens is 3. The maximum absolute atomic E-state index is 7.04. The lowest BCUT2D eigenvalue weighted by molar-refractivity contribution is 0.669. The smallest absolute Gasteiger partial charge is 0.235 e. The van der Waals surface area contributed by atoms with Gasteiger partial charge in [-0.3, -0.25) is 4.57 Å². The molecule has 0 saturated heterocycles. The Morgan fingerprint density at radius 1 is 0.364 bits per heavy atom. The maximum atomic E-state index is 7.04. The molecule has 0 saturated carbocycles. The van der Waals surface area contributed by atoms with Crippen LogP contribution in [0.4, 0.5) is 0 Å². The van der Waals surface area contributed by atoms with Gasteiger partial charge in [0.15, 0.2) is 5.58 Å². The molecule has 0 spiro atoms. The number of nitrogens with zero attached hydrogens (tertiary/aromatic N) is 3. The van der Waals surface area contributed by atoms with Gasteiger partial charge in [0, 0.05) is 54.0 Å². The van der Waals surface area contributed by atoms with Crippen molar-refractivity contribution in [2.24, 2.45) is 0 Å². The highest BCUT2D eigenvalue weighted by molar-refractivity contribution is 6.44. The van der Waals surface area contributed by atoms with E-state index in [-0.39, 0.29) is 0 Å². The molecule has 0 radical (unpaired) electrons. The summed E-state index contributed by atoms with van der Waals surface area (Å²) in [6.45, 7) is 0. The Morgan fingerprint density at radius 2 is 0.909 bits per heavy atom. The van der Waals surface area contributed by atoms with Gasteiger partial charge in [0.25, 0.3) is 0 Å². The predicted octanol–water partition coefficient (Wildman–Crippen LogP) is 13.7. The fourth-order valence-corrected chi connectivity index (χ4v) is 9.38. The molecule has 0 N–H and O–H groups in total. The van der Waals surface area contributed by atoms with Crippen molar-refractivity contribution in [3.63, 3.8) is 0 Å². The molecule has 254 valence electrons. The molecular weight excluding hydrogens is 675 g/mol. The van der Waals surface area contributed by atoms with Crippen LogP contribution in [0.1, 0.15) is 0 Å². The summed E-state index contributed by atoms with van der Waals surface area (Å²) in [4.78, 5) is 10.9. The SMILES string of the molecule is c1ccc2c(-c3cccc4oc5ccccc5c34)nc(-n3c4ccccc4c4c5c6ccccc6c6ccccc6c5c5c6ccccc6oc5c43)nc2c1. The van der Waals surface area contributed by atoms with Crippen LogP contribution in [0.15, 0.2) is 173 Å². The van der Waals surface area contributed by atoms with E-state index in [9.17, 15) is 0 Å². The van der Waals surface area contributed by atoms with Crippen LogP contribution in [0.5, 0.6) is 0 Å². The van der Waals surface area contributed by atoms with E-state index < -0.39 is 0 Å². The first-order chi connectivity index (χ1) is 27.3. The van der Waals surface area contributed by atoms with Crippen molar-refractivity contribution in [3.05, 3.63) is 164 Å². The summed E-state index contributed by atoms with van der Waals surface area (Å²) in [7, 11) is 0. The van der Waals surface area contributed by atoms with Crippen LogP contribution in [0.3, 0.4) is 0 Å². The third-order valence-electron chi connectivity index (χ3n) is 11.6. The Bertz CT molecular complexity index is 3790. The number of rotatable bonds is 2. The molecular formula is C50H27N3O2. The van der Waals surface area contributed by atoms with Gasteiger partial charge >= 0.3 is 0 Å². The van der Waals surface area contributed by atoms with Crippen LogP contribution in [0.25, 0.3) is 126 Å². The molecule has 0 aliphatic heterocycles. The van der Waals surface area contributed by atoms with Gasteiger partial charge in [-0.15, -0.1) is 0 Å². The van der Waals surface area contributed by atoms with Crippen molar-refractivity contribution in [2.45, 2.75) is 0 Å². The summed E-state index contributed by atoms with van der Waals surface area (Å²) in [5.74, 6) is 0.580. The molecule has 0 bridgehead atoms. The van der Waals surface area contributed by atoms with Gasteiger partial charge in [-0.2, -0.15) is 0 Å². The zero-order chi connectivity index (χ0) is 35.8. The molecule has 0 aliphatic carbocycles. The van der Waals surface area contributed by atoms with E-state index in [4.69, 9.17) is 18.8 Å². The van der Waals surface area contributed by atoms with Crippen LogP contribution in [-0.2, 0) is 0 Å². The van der Waals surface area contributed by atoms with Gasteiger partial charge in [0.1, 0.15) is 22.3 Å². The number of para-hydroxylation sites is 4. The van der Waals surface area contributed by atoms with E-state index in [0.717, 1.165) is 87.8 Å². The fourth-order valence-electron chi connectivity index (χ4n) is 9.38. The van der Waals surface area contributed by atoms with Crippen molar-refractivity contribution < 1.29 is 8.83 Å². The average Bonchev–Trinajstić information content (AvgIpc) is 3.93. The molecule has 0 unspecified atom stereocenters. The molecule has 9 aromatic carbocycles. The zero-order valence-electron chi connectivity index (χ0n) is 29.2. The largest absolute Gasteiger partial charge is 0.456 e. The normalized spacial score (nSPS) is 12.4. The Morgan fingerprint density at radius 3 is 1.65 bits per heavy atom. The lowest BCUT2D eigenvalue weighted by atomic mass is 9.89. The van der Waals surface area contributed by atoms with Crippen LogP contribution in [0.2, 0.25) is 0 Å². The highest BCUT2D eigenvalue weighted by Crippen LogP contribution is 2.50. The minimum absolute atomic E-state index is 0.580. The molecule has 55 heavy (non-hydrogen) atoms. The summed E-state index contributed by atoms with van der Waals surface area (Å²) in [6, 6.07) is 57.4. The van der Waals surface area contributed by atoms with Crippen molar-refractivity contribution in [2.75, 3.05) is 0 Å². The van der Waals surface area contributed by atoms with E-state index in [1.54, 1.807) is 0 Å². The van der Waals surface area contributed by atoms with Crippen LogP contribution >= 0.6 is 0 Å². The number of benzene rings is 9. The topological polar surface area (TPSA) is 57.0 Å². The minimum Gasteiger partial charge on any atom is -0.456 e. The summed E-state index contributed by atoms with van der Waals surface area (Å²) in [5, 5.41) is 14.8. The number of furan rings is 2. The highest BCUT2D eigenvalue weighted by Gasteiger charge is 2.27. The standard InChI is InChI=1S/C50H27N3O2/c1-3-16-30-28(14-1)29-15-2-4-17-31(29)44-43(30)45-33-19-6-10-24-38(33)53(48(45)49-46(44)35-21-8-12-26-40(35)55-49)50-51-37-23-9-5-18-32(37)47(52-50)36-22-13-27-41-42(36)34-20-7-11-25-39(34)54-41/h1-27H. The van der Waals surface area contributed by atoms with E-state index in [2.05, 4.69) is 138 Å². The molecule has 0 atom stereocenters. The van der Waals surface area contributed by atoms with Gasteiger partial charge in [-0.1, -0.05) is 133 Å². The summed E-state index contributed by atoms with van der Waals surface area (Å²) in [5.41, 5.74) is 8.02. The predicted molar refractivity (Wildman–Crippen MR) is 226 cm³/mol. The average molecular weight is 702 g/mol. The molecule has 5 nitrogen and oxygen atoms in total. The Balaban J connectivity index is 1.28. The van der Waals surface area contributed by atoms with Crippen LogP contribution < -0.4 is 0 Å². The lowest BCUT2D eigenvalue weighted by Gasteiger charge is -2.15. The van der Waals surface area contributed by atoms with Crippen molar-refractivity contribution >= 4 is 109 Å². The van der Waals surface area contributed by atoms with E-state index in [1.165, 1.54) is 32.3 Å². The van der Waals surface area contributed by atoms with Crippen molar-refractivity contribution in [1.29, 1.82) is 0 Å². The Hall–Kier alpha value is -7.50. The zero-order valence-corrected chi connectivity index (χ0v) is 29.2. The third-order valence-corrected chi connectivity index (χ3v) is 11.6. The first-order valence-electron chi connectivity index (χ1n) is 18.6. The van der Waals surface area contributed by atoms with Gasteiger partial charge in [0.05, 0.1) is 16.7 Å². The van der Waals surface area contributed by atoms with Gasteiger partial charge in [-0.05, 0) is 51.9 Å². The number of hydrogen-bond acceptors (Lipinski definition) is 4. The van der Waals surface area contributed by atoms with Gasteiger partial charge in [-0.25, -0.2) is 9.97 Å².